The summed E-state index contributed by atoms with van der Waals surface area (Å²) in [6, 6.07) is 7.60. The van der Waals surface area contributed by atoms with Gasteiger partial charge in [0.2, 0.25) is 5.91 Å². The number of aliphatic carboxylic acids is 2. The Balaban J connectivity index is 2.83. The van der Waals surface area contributed by atoms with Crippen molar-refractivity contribution in [3.8, 4) is 0 Å². The molecule has 1 unspecified atom stereocenters. The Morgan fingerprint density at radius 3 is 2.25 bits per heavy atom. The molecule has 0 bridgehead atoms. The monoisotopic (exact) mass is 353 g/mol. The number of carbonyl (C=O) groups excluding carboxylic acids is 2. The Hall–Kier alpha value is -2.35. The van der Waals surface area contributed by atoms with Crippen molar-refractivity contribution in [2.24, 2.45) is 5.92 Å². The van der Waals surface area contributed by atoms with E-state index in [2.05, 4.69) is 5.32 Å². The fourth-order valence-electron chi connectivity index (χ4n) is 2.01. The number of benzene rings is 1. The lowest BCUT2D eigenvalue weighted by atomic mass is 9.99. The third kappa shape index (κ3) is 7.28. The second-order valence-corrected chi connectivity index (χ2v) is 6.38. The molecule has 24 heavy (non-hydrogen) atoms. The highest BCUT2D eigenvalue weighted by molar-refractivity contribution is 8.13. The second-order valence-electron chi connectivity index (χ2n) is 5.19. The molecule has 0 saturated heterocycles. The predicted molar refractivity (Wildman–Crippen MR) is 88.6 cm³/mol. The summed E-state index contributed by atoms with van der Waals surface area (Å²) in [6.07, 6.45) is -0.384. The van der Waals surface area contributed by atoms with E-state index in [-0.39, 0.29) is 10.9 Å². The van der Waals surface area contributed by atoms with E-state index in [0.717, 1.165) is 17.3 Å². The van der Waals surface area contributed by atoms with Gasteiger partial charge in [-0.1, -0.05) is 42.1 Å². The molecule has 0 aliphatic heterocycles. The maximum absolute atomic E-state index is 12.4. The molecule has 0 spiro atoms. The highest BCUT2D eigenvalue weighted by atomic mass is 32.2. The Morgan fingerprint density at radius 1 is 1.12 bits per heavy atom. The van der Waals surface area contributed by atoms with Crippen LogP contribution in [-0.2, 0) is 25.6 Å². The van der Waals surface area contributed by atoms with Gasteiger partial charge in [0.1, 0.15) is 6.04 Å². The lowest BCUT2D eigenvalue weighted by Crippen LogP contribution is -2.45. The fourth-order valence-corrected chi connectivity index (χ4v) is 2.71. The summed E-state index contributed by atoms with van der Waals surface area (Å²) < 4.78 is 0. The molecular formula is C16H19NO6S. The van der Waals surface area contributed by atoms with Crippen LogP contribution in [0.1, 0.15) is 18.9 Å². The van der Waals surface area contributed by atoms with Gasteiger partial charge in [-0.15, -0.1) is 0 Å². The van der Waals surface area contributed by atoms with Crippen molar-refractivity contribution in [3.05, 3.63) is 35.9 Å². The smallest absolute Gasteiger partial charge is 0.326 e. The fraction of sp³-hybridized carbons (Fsp3) is 0.375. The molecule has 2 atom stereocenters. The van der Waals surface area contributed by atoms with Gasteiger partial charge < -0.3 is 15.5 Å². The Morgan fingerprint density at radius 2 is 1.75 bits per heavy atom. The van der Waals surface area contributed by atoms with Crippen LogP contribution < -0.4 is 5.32 Å². The van der Waals surface area contributed by atoms with Gasteiger partial charge in [0, 0.05) is 12.7 Å². The van der Waals surface area contributed by atoms with Crippen LogP contribution in [-0.4, -0.2) is 45.0 Å². The number of nitrogens with one attached hydrogen (secondary N) is 1. The lowest BCUT2D eigenvalue weighted by molar-refractivity contribution is -0.147. The molecule has 8 heteroatoms. The zero-order valence-corrected chi connectivity index (χ0v) is 13.9. The van der Waals surface area contributed by atoms with Crippen molar-refractivity contribution >= 4 is 34.7 Å². The van der Waals surface area contributed by atoms with Crippen LogP contribution in [0.3, 0.4) is 0 Å². The predicted octanol–water partition coefficient (Wildman–Crippen LogP) is 1.17. The first-order valence-electron chi connectivity index (χ1n) is 7.22. The van der Waals surface area contributed by atoms with E-state index in [1.165, 1.54) is 6.92 Å². The zero-order chi connectivity index (χ0) is 18.1. The van der Waals surface area contributed by atoms with Gasteiger partial charge in [0.05, 0.1) is 12.3 Å². The van der Waals surface area contributed by atoms with Crippen LogP contribution in [0, 0.1) is 5.92 Å². The SMILES string of the molecule is CC(=O)SCC(Cc1ccccc1)C(=O)N[C@@H](CC(=O)O)C(=O)O. The molecule has 1 rings (SSSR count). The third-order valence-electron chi connectivity index (χ3n) is 3.18. The largest absolute Gasteiger partial charge is 0.481 e. The van der Waals surface area contributed by atoms with Gasteiger partial charge in [-0.2, -0.15) is 0 Å². The minimum Gasteiger partial charge on any atom is -0.481 e. The van der Waals surface area contributed by atoms with E-state index < -0.39 is 36.2 Å². The number of thioether (sulfide) groups is 1. The second kappa shape index (κ2) is 9.71. The van der Waals surface area contributed by atoms with Gasteiger partial charge in [-0.05, 0) is 12.0 Å². The summed E-state index contributed by atoms with van der Waals surface area (Å²) in [5, 5.41) is 19.9. The van der Waals surface area contributed by atoms with Crippen LogP contribution in [0.4, 0.5) is 0 Å². The van der Waals surface area contributed by atoms with Crippen LogP contribution >= 0.6 is 11.8 Å². The van der Waals surface area contributed by atoms with Crippen molar-refractivity contribution in [2.45, 2.75) is 25.8 Å². The lowest BCUT2D eigenvalue weighted by Gasteiger charge is -2.19. The Kier molecular flexibility index (Phi) is 7.97. The average molecular weight is 353 g/mol. The van der Waals surface area contributed by atoms with Crippen molar-refractivity contribution < 1.29 is 29.4 Å². The van der Waals surface area contributed by atoms with E-state index in [4.69, 9.17) is 10.2 Å². The molecule has 0 saturated carbocycles. The molecule has 3 N–H and O–H groups in total. The third-order valence-corrected chi connectivity index (χ3v) is 4.15. The molecule has 0 radical (unpaired) electrons. The number of carbonyl (C=O) groups is 4. The summed E-state index contributed by atoms with van der Waals surface area (Å²) >= 11 is 0.973. The molecule has 0 heterocycles. The minimum absolute atomic E-state index is 0.152. The van der Waals surface area contributed by atoms with Crippen LogP contribution in [0.15, 0.2) is 30.3 Å². The van der Waals surface area contributed by atoms with Crippen LogP contribution in [0.25, 0.3) is 0 Å². The van der Waals surface area contributed by atoms with Gasteiger partial charge in [0.15, 0.2) is 5.12 Å². The van der Waals surface area contributed by atoms with E-state index in [1.54, 1.807) is 0 Å². The van der Waals surface area contributed by atoms with E-state index in [9.17, 15) is 19.2 Å². The van der Waals surface area contributed by atoms with E-state index in [1.807, 2.05) is 30.3 Å². The first-order chi connectivity index (χ1) is 11.3. The molecule has 0 fully saturated rings. The maximum atomic E-state index is 12.4. The molecule has 1 aromatic carbocycles. The van der Waals surface area contributed by atoms with Gasteiger partial charge in [0.25, 0.3) is 0 Å². The Labute approximate surface area is 143 Å². The highest BCUT2D eigenvalue weighted by Gasteiger charge is 2.27. The Bertz CT molecular complexity index is 604. The zero-order valence-electron chi connectivity index (χ0n) is 13.1. The molecule has 7 nitrogen and oxygen atoms in total. The van der Waals surface area contributed by atoms with Crippen molar-refractivity contribution in [3.63, 3.8) is 0 Å². The molecule has 0 aromatic heterocycles. The molecule has 0 aliphatic rings. The van der Waals surface area contributed by atoms with Crippen molar-refractivity contribution in [2.75, 3.05) is 5.75 Å². The molecule has 1 aromatic rings. The summed E-state index contributed by atoms with van der Waals surface area (Å²) in [5.41, 5.74) is 0.868. The van der Waals surface area contributed by atoms with Gasteiger partial charge in [-0.3, -0.25) is 14.4 Å². The normalized spacial score (nSPS) is 12.9. The first kappa shape index (κ1) is 19.7. The van der Waals surface area contributed by atoms with E-state index >= 15 is 0 Å². The summed E-state index contributed by atoms with van der Waals surface area (Å²) in [4.78, 5) is 45.3. The van der Waals surface area contributed by atoms with Gasteiger partial charge in [-0.25, -0.2) is 4.79 Å². The number of carboxylic acid groups (broad SMARTS) is 2. The number of carboxylic acids is 2. The van der Waals surface area contributed by atoms with Crippen LogP contribution in [0.2, 0.25) is 0 Å². The summed E-state index contributed by atoms with van der Waals surface area (Å²) in [7, 11) is 0. The summed E-state index contributed by atoms with van der Waals surface area (Å²) in [6.45, 7) is 1.38. The minimum atomic E-state index is -1.50. The van der Waals surface area contributed by atoms with Crippen LogP contribution in [0.5, 0.6) is 0 Å². The van der Waals surface area contributed by atoms with Crippen molar-refractivity contribution in [1.29, 1.82) is 0 Å². The van der Waals surface area contributed by atoms with Gasteiger partial charge >= 0.3 is 11.9 Å². The maximum Gasteiger partial charge on any atom is 0.326 e. The number of rotatable bonds is 9. The molecule has 1 amide bonds. The summed E-state index contributed by atoms with van der Waals surface area (Å²) in [5.74, 6) is -3.77. The standard InChI is InChI=1S/C16H19NO6S/c1-10(18)24-9-12(7-11-5-3-2-4-6-11)15(21)17-13(16(22)23)8-14(19)20/h2-6,12-13H,7-9H2,1H3,(H,17,21)(H,19,20)(H,22,23)/t12?,13-/m0/s1. The molecular weight excluding hydrogens is 334 g/mol. The van der Waals surface area contributed by atoms with Crippen molar-refractivity contribution in [1.82, 2.24) is 5.32 Å². The van der Waals surface area contributed by atoms with E-state index in [0.29, 0.717) is 6.42 Å². The molecule has 130 valence electrons. The number of amides is 1. The number of hydrogen-bond acceptors (Lipinski definition) is 5. The first-order valence-corrected chi connectivity index (χ1v) is 8.20. The average Bonchev–Trinajstić information content (AvgIpc) is 2.50. The number of hydrogen-bond donors (Lipinski definition) is 3. The highest BCUT2D eigenvalue weighted by Crippen LogP contribution is 2.16. The topological polar surface area (TPSA) is 121 Å². The quantitative estimate of drug-likeness (QED) is 0.609. The molecule has 0 aliphatic carbocycles.